The van der Waals surface area contributed by atoms with Crippen LogP contribution in [0.5, 0.6) is 0 Å². The Morgan fingerprint density at radius 1 is 0.971 bits per heavy atom. The summed E-state index contributed by atoms with van der Waals surface area (Å²) in [5, 5.41) is 3.04. The van der Waals surface area contributed by atoms with Crippen LogP contribution in [0, 0.1) is 0 Å². The molecule has 4 rings (SSSR count). The number of likely N-dealkylation sites (tertiary alicyclic amines) is 1. The van der Waals surface area contributed by atoms with Gasteiger partial charge >= 0.3 is 0 Å². The van der Waals surface area contributed by atoms with E-state index in [1.54, 1.807) is 6.07 Å². The van der Waals surface area contributed by atoms with E-state index in [1.165, 1.54) is 34.8 Å². The van der Waals surface area contributed by atoms with Gasteiger partial charge in [-0.15, -0.1) is 0 Å². The number of carbonyl (C=O) groups is 1. The van der Waals surface area contributed by atoms with Gasteiger partial charge in [0.15, 0.2) is 0 Å². The Labute approximate surface area is 217 Å². The molecule has 2 heterocycles. The van der Waals surface area contributed by atoms with Gasteiger partial charge in [-0.25, -0.2) is 8.42 Å². The Hall–Kier alpha value is -1.68. The lowest BCUT2D eigenvalue weighted by Gasteiger charge is -2.24. The molecule has 1 unspecified atom stereocenters. The molecule has 2 aromatic carbocycles. The van der Waals surface area contributed by atoms with E-state index in [1.807, 2.05) is 12.1 Å². The summed E-state index contributed by atoms with van der Waals surface area (Å²) in [7, 11) is -3.87. The number of halogens is 2. The van der Waals surface area contributed by atoms with E-state index in [4.69, 9.17) is 27.9 Å². The molecule has 0 aliphatic carbocycles. The van der Waals surface area contributed by atoms with Crippen LogP contribution in [0.4, 0.5) is 0 Å². The molecule has 0 bridgehead atoms. The number of ether oxygens (including phenoxy) is 1. The molecule has 2 fully saturated rings. The van der Waals surface area contributed by atoms with Crippen LogP contribution in [0.2, 0.25) is 10.0 Å². The van der Waals surface area contributed by atoms with Gasteiger partial charge in [-0.2, -0.15) is 4.31 Å². The van der Waals surface area contributed by atoms with Crippen LogP contribution in [-0.2, 0) is 32.6 Å². The van der Waals surface area contributed by atoms with Crippen LogP contribution in [0.3, 0.4) is 0 Å². The smallest absolute Gasteiger partial charge is 0.246 e. The van der Waals surface area contributed by atoms with Crippen molar-refractivity contribution in [2.45, 2.75) is 49.7 Å². The number of amides is 1. The highest BCUT2D eigenvalue weighted by atomic mass is 35.5. The number of hydrogen-bond donors (Lipinski definition) is 1. The summed E-state index contributed by atoms with van der Waals surface area (Å²) < 4.78 is 33.3. The molecule has 190 valence electrons. The minimum Gasteiger partial charge on any atom is -0.370 e. The largest absolute Gasteiger partial charge is 0.370 e. The molecule has 10 heteroatoms. The van der Waals surface area contributed by atoms with Crippen LogP contribution in [0.1, 0.15) is 36.8 Å². The van der Waals surface area contributed by atoms with Crippen LogP contribution in [0.15, 0.2) is 47.4 Å². The van der Waals surface area contributed by atoms with Crippen molar-refractivity contribution in [1.29, 1.82) is 0 Å². The maximum Gasteiger partial charge on any atom is 0.246 e. The highest BCUT2D eigenvalue weighted by Gasteiger charge is 2.37. The Balaban J connectivity index is 1.23. The van der Waals surface area contributed by atoms with E-state index in [2.05, 4.69) is 22.3 Å². The van der Waals surface area contributed by atoms with E-state index >= 15 is 0 Å². The zero-order valence-corrected chi connectivity index (χ0v) is 21.9. The molecule has 2 aliphatic rings. The quantitative estimate of drug-likeness (QED) is 0.492. The van der Waals surface area contributed by atoms with Crippen LogP contribution in [-0.4, -0.2) is 62.4 Å². The second-order valence-corrected chi connectivity index (χ2v) is 11.7. The normalized spacial score (nSPS) is 19.3. The van der Waals surface area contributed by atoms with Gasteiger partial charge in [-0.3, -0.25) is 9.69 Å². The van der Waals surface area contributed by atoms with Crippen molar-refractivity contribution < 1.29 is 17.9 Å². The molecule has 1 N–H and O–H groups in total. The number of sulfonamides is 1. The summed E-state index contributed by atoms with van der Waals surface area (Å²) in [5.41, 5.74) is 2.30. The zero-order chi connectivity index (χ0) is 24.8. The fourth-order valence-corrected chi connectivity index (χ4v) is 7.41. The average Bonchev–Trinajstić information content (AvgIpc) is 3.51. The minimum atomic E-state index is -3.87. The van der Waals surface area contributed by atoms with E-state index < -0.39 is 10.0 Å². The Kier molecular flexibility index (Phi) is 9.07. The van der Waals surface area contributed by atoms with Gasteiger partial charge < -0.3 is 10.1 Å². The van der Waals surface area contributed by atoms with Crippen molar-refractivity contribution in [3.8, 4) is 0 Å². The number of rotatable bonds is 10. The molecular formula is C25H31Cl2N3O4S. The lowest BCUT2D eigenvalue weighted by molar-refractivity contribution is -0.126. The van der Waals surface area contributed by atoms with Crippen LogP contribution in [0.25, 0.3) is 0 Å². The first-order chi connectivity index (χ1) is 16.8. The molecule has 1 amide bonds. The minimum absolute atomic E-state index is 0.0839. The zero-order valence-electron chi connectivity index (χ0n) is 19.6. The third kappa shape index (κ3) is 6.76. The van der Waals surface area contributed by atoms with Crippen LogP contribution >= 0.6 is 23.2 Å². The maximum atomic E-state index is 13.2. The van der Waals surface area contributed by atoms with E-state index in [0.29, 0.717) is 25.9 Å². The first-order valence-corrected chi connectivity index (χ1v) is 14.1. The lowest BCUT2D eigenvalue weighted by Crippen LogP contribution is -2.39. The third-order valence-corrected chi connectivity index (χ3v) is 9.38. The van der Waals surface area contributed by atoms with Crippen molar-refractivity contribution in [1.82, 2.24) is 14.5 Å². The fourth-order valence-electron chi connectivity index (χ4n) is 4.64. The van der Waals surface area contributed by atoms with Crippen molar-refractivity contribution in [3.05, 3.63) is 63.6 Å². The van der Waals surface area contributed by atoms with Gasteiger partial charge in [0, 0.05) is 25.7 Å². The summed E-state index contributed by atoms with van der Waals surface area (Å²) in [5.74, 6) is -0.243. The van der Waals surface area contributed by atoms with Gasteiger partial charge in [-0.05, 0) is 62.0 Å². The first kappa shape index (κ1) is 26.4. The van der Waals surface area contributed by atoms with Crippen LogP contribution < -0.4 is 5.32 Å². The van der Waals surface area contributed by atoms with E-state index in [9.17, 15) is 13.2 Å². The summed E-state index contributed by atoms with van der Waals surface area (Å²) in [4.78, 5) is 14.6. The summed E-state index contributed by atoms with van der Waals surface area (Å²) in [6.45, 7) is 4.06. The molecule has 35 heavy (non-hydrogen) atoms. The van der Waals surface area contributed by atoms with Gasteiger partial charge in [0.2, 0.25) is 15.9 Å². The molecular weight excluding hydrogens is 509 g/mol. The molecule has 0 radical (unpaired) electrons. The van der Waals surface area contributed by atoms with E-state index in [0.717, 1.165) is 25.2 Å². The molecule has 2 aromatic rings. The Bertz CT molecular complexity index is 1100. The molecule has 7 nitrogen and oxygen atoms in total. The second-order valence-electron chi connectivity index (χ2n) is 9.05. The van der Waals surface area contributed by atoms with E-state index in [-0.39, 0.29) is 40.1 Å². The number of carbonyl (C=O) groups excluding carboxylic acids is 1. The average molecular weight is 541 g/mol. The molecule has 0 spiro atoms. The van der Waals surface area contributed by atoms with Gasteiger partial charge in [0.25, 0.3) is 0 Å². The monoisotopic (exact) mass is 539 g/mol. The second kappa shape index (κ2) is 12.0. The van der Waals surface area contributed by atoms with Crippen molar-refractivity contribution in [2.24, 2.45) is 0 Å². The number of nitrogens with one attached hydrogen (secondary N) is 1. The lowest BCUT2D eigenvalue weighted by atomic mass is 10.1. The predicted octanol–water partition coefficient (Wildman–Crippen LogP) is 4.08. The van der Waals surface area contributed by atoms with Crippen molar-refractivity contribution >= 4 is 39.1 Å². The van der Waals surface area contributed by atoms with Gasteiger partial charge in [0.05, 0.1) is 16.7 Å². The standard InChI is InChI=1S/C25H31Cl2N3O4S/c26-22-6-3-7-23(27)25(22)35(32,33)30-14-4-5-21(30)17-34-18-24(31)28-15-19-8-10-20(11-9-19)16-29-12-1-2-13-29/h3,6-11,21H,1-2,4-5,12-18H2,(H,28,31). The molecule has 0 saturated carbocycles. The van der Waals surface area contributed by atoms with Gasteiger partial charge in [0.1, 0.15) is 11.5 Å². The van der Waals surface area contributed by atoms with Crippen molar-refractivity contribution in [2.75, 3.05) is 32.8 Å². The highest BCUT2D eigenvalue weighted by molar-refractivity contribution is 7.89. The number of nitrogens with zero attached hydrogens (tertiary/aromatic N) is 2. The summed E-state index contributed by atoms with van der Waals surface area (Å²) in [6.07, 6.45) is 3.90. The first-order valence-electron chi connectivity index (χ1n) is 11.9. The Morgan fingerprint density at radius 3 is 2.31 bits per heavy atom. The fraction of sp³-hybridized carbons (Fsp3) is 0.480. The molecule has 1 atom stereocenters. The third-order valence-electron chi connectivity index (χ3n) is 6.47. The maximum absolute atomic E-state index is 13.2. The summed E-state index contributed by atoms with van der Waals surface area (Å²) in [6, 6.07) is 12.5. The highest BCUT2D eigenvalue weighted by Crippen LogP contribution is 2.34. The number of benzene rings is 2. The topological polar surface area (TPSA) is 78.9 Å². The Morgan fingerprint density at radius 2 is 1.63 bits per heavy atom. The molecule has 0 aromatic heterocycles. The summed E-state index contributed by atoms with van der Waals surface area (Å²) >= 11 is 12.3. The van der Waals surface area contributed by atoms with Gasteiger partial charge in [-0.1, -0.05) is 53.5 Å². The molecule has 2 aliphatic heterocycles. The predicted molar refractivity (Wildman–Crippen MR) is 137 cm³/mol. The molecule has 2 saturated heterocycles. The van der Waals surface area contributed by atoms with Crippen molar-refractivity contribution in [3.63, 3.8) is 0 Å². The number of hydrogen-bond acceptors (Lipinski definition) is 5. The SMILES string of the molecule is O=C(COCC1CCCN1S(=O)(=O)c1c(Cl)cccc1Cl)NCc1ccc(CN2CCCC2)cc1.